The highest BCUT2D eigenvalue weighted by Crippen LogP contribution is 2.41. The van der Waals surface area contributed by atoms with Crippen LogP contribution in [0.5, 0.6) is 5.75 Å². The van der Waals surface area contributed by atoms with Gasteiger partial charge in [-0.1, -0.05) is 43.7 Å². The molecule has 1 saturated heterocycles. The van der Waals surface area contributed by atoms with Crippen molar-refractivity contribution in [3.63, 3.8) is 0 Å². The van der Waals surface area contributed by atoms with Crippen LogP contribution in [0, 0.1) is 19.8 Å². The highest BCUT2D eigenvalue weighted by molar-refractivity contribution is 5.94. The molecule has 0 aromatic heterocycles. The van der Waals surface area contributed by atoms with E-state index in [1.54, 1.807) is 12.0 Å². The van der Waals surface area contributed by atoms with E-state index in [0.717, 1.165) is 29.5 Å². The molecule has 0 radical (unpaired) electrons. The van der Waals surface area contributed by atoms with Gasteiger partial charge in [-0.2, -0.15) is 0 Å². The molecule has 1 N–H and O–H groups in total. The summed E-state index contributed by atoms with van der Waals surface area (Å²) < 4.78 is 11.0. The van der Waals surface area contributed by atoms with Gasteiger partial charge in [0.25, 0.3) is 5.91 Å². The lowest BCUT2D eigenvalue weighted by atomic mass is 9.83. The average Bonchev–Trinajstić information content (AvgIpc) is 2.84. The summed E-state index contributed by atoms with van der Waals surface area (Å²) >= 11 is 0. The maximum Gasteiger partial charge on any atom is 0.311 e. The summed E-state index contributed by atoms with van der Waals surface area (Å²) in [5, 5.41) is 2.81. The van der Waals surface area contributed by atoms with Gasteiger partial charge >= 0.3 is 5.97 Å². The highest BCUT2D eigenvalue weighted by Gasteiger charge is 2.42. The third-order valence-corrected chi connectivity index (χ3v) is 6.44. The number of nitrogens with one attached hydrogen (secondary N) is 1. The number of hydrogen-bond acceptors (Lipinski definition) is 5. The molecule has 2 amide bonds. The summed E-state index contributed by atoms with van der Waals surface area (Å²) in [5.74, 6) is -0.832. The largest absolute Gasteiger partial charge is 0.496 e. The van der Waals surface area contributed by atoms with E-state index in [9.17, 15) is 14.4 Å². The number of carbonyl (C=O) groups excluding carboxylic acids is 3. The molecule has 2 aromatic carbocycles. The SMILES string of the molecule is CCCCN1C(=O)CCC(C(=O)OCC(=O)Nc2cccc(C)c2C)C1c1ccccc1OC. The van der Waals surface area contributed by atoms with Crippen LogP contribution in [-0.2, 0) is 19.1 Å². The number of para-hydroxylation sites is 1. The maximum atomic E-state index is 13.2. The number of unbranched alkanes of at least 4 members (excludes halogenated alkanes) is 1. The predicted octanol–water partition coefficient (Wildman–Crippen LogP) is 4.57. The molecule has 0 bridgehead atoms. The van der Waals surface area contributed by atoms with Gasteiger partial charge in [-0.15, -0.1) is 0 Å². The monoisotopic (exact) mass is 466 g/mol. The molecule has 2 aromatic rings. The molecular weight excluding hydrogens is 432 g/mol. The molecule has 0 aliphatic carbocycles. The molecular formula is C27H34N2O5. The molecule has 1 aliphatic rings. The standard InChI is InChI=1S/C27H34N2O5/c1-5-6-16-29-25(31)15-14-21(26(29)20-11-7-8-13-23(20)33-4)27(32)34-17-24(30)28-22-12-9-10-18(2)19(22)3/h7-13,21,26H,5-6,14-17H2,1-4H3,(H,28,30). The van der Waals surface area contributed by atoms with Gasteiger partial charge < -0.3 is 19.7 Å². The van der Waals surface area contributed by atoms with Crippen molar-refractivity contribution in [2.45, 2.75) is 52.5 Å². The third kappa shape index (κ3) is 5.76. The predicted molar refractivity (Wildman–Crippen MR) is 131 cm³/mol. The first-order valence-corrected chi connectivity index (χ1v) is 11.8. The Bertz CT molecular complexity index is 1040. The Hall–Kier alpha value is -3.35. The first kappa shape index (κ1) is 25.3. The van der Waals surface area contributed by atoms with Crippen molar-refractivity contribution in [2.75, 3.05) is 25.6 Å². The number of carbonyl (C=O) groups is 3. The lowest BCUT2D eigenvalue weighted by Gasteiger charge is -2.40. The topological polar surface area (TPSA) is 84.9 Å². The van der Waals surface area contributed by atoms with E-state index in [2.05, 4.69) is 12.2 Å². The first-order valence-electron chi connectivity index (χ1n) is 11.8. The molecule has 1 heterocycles. The molecule has 1 aliphatic heterocycles. The number of piperidine rings is 1. The second-order valence-electron chi connectivity index (χ2n) is 8.68. The van der Waals surface area contributed by atoms with E-state index >= 15 is 0 Å². The Labute approximate surface area is 201 Å². The summed E-state index contributed by atoms with van der Waals surface area (Å²) in [6.07, 6.45) is 2.39. The summed E-state index contributed by atoms with van der Waals surface area (Å²) in [5.41, 5.74) is 3.50. The number of hydrogen-bond donors (Lipinski definition) is 1. The zero-order valence-electron chi connectivity index (χ0n) is 20.4. The van der Waals surface area contributed by atoms with Crippen molar-refractivity contribution in [3.8, 4) is 5.75 Å². The molecule has 34 heavy (non-hydrogen) atoms. The number of aryl methyl sites for hydroxylation is 1. The Morgan fingerprint density at radius 3 is 2.62 bits per heavy atom. The number of anilines is 1. The van der Waals surface area contributed by atoms with Crippen LogP contribution in [0.1, 0.15) is 55.3 Å². The van der Waals surface area contributed by atoms with Crippen molar-refractivity contribution < 1.29 is 23.9 Å². The summed E-state index contributed by atoms with van der Waals surface area (Å²) in [7, 11) is 1.57. The Balaban J connectivity index is 1.78. The van der Waals surface area contributed by atoms with E-state index in [1.807, 2.05) is 56.3 Å². The van der Waals surface area contributed by atoms with Crippen LogP contribution in [0.4, 0.5) is 5.69 Å². The van der Waals surface area contributed by atoms with Crippen molar-refractivity contribution in [1.29, 1.82) is 0 Å². The minimum absolute atomic E-state index is 0.0149. The highest BCUT2D eigenvalue weighted by atomic mass is 16.5. The fourth-order valence-corrected chi connectivity index (χ4v) is 4.40. The lowest BCUT2D eigenvalue weighted by Crippen LogP contribution is -2.46. The van der Waals surface area contributed by atoms with Gasteiger partial charge in [-0.05, 0) is 49.9 Å². The van der Waals surface area contributed by atoms with Gasteiger partial charge in [0, 0.05) is 24.2 Å². The molecule has 3 rings (SSSR count). The Morgan fingerprint density at radius 1 is 1.12 bits per heavy atom. The number of methoxy groups -OCH3 is 1. The zero-order valence-corrected chi connectivity index (χ0v) is 20.4. The van der Waals surface area contributed by atoms with Gasteiger partial charge in [0.2, 0.25) is 5.91 Å². The van der Waals surface area contributed by atoms with Crippen LogP contribution in [0.25, 0.3) is 0 Å². The van der Waals surface area contributed by atoms with Crippen molar-refractivity contribution in [2.24, 2.45) is 5.92 Å². The van der Waals surface area contributed by atoms with E-state index in [0.29, 0.717) is 24.4 Å². The minimum Gasteiger partial charge on any atom is -0.496 e. The smallest absolute Gasteiger partial charge is 0.311 e. The fourth-order valence-electron chi connectivity index (χ4n) is 4.40. The molecule has 7 heteroatoms. The van der Waals surface area contributed by atoms with E-state index in [-0.39, 0.29) is 18.9 Å². The third-order valence-electron chi connectivity index (χ3n) is 6.44. The number of amides is 2. The summed E-state index contributed by atoms with van der Waals surface area (Å²) in [6.45, 7) is 6.13. The molecule has 1 fully saturated rings. The molecule has 0 spiro atoms. The Morgan fingerprint density at radius 2 is 1.88 bits per heavy atom. The van der Waals surface area contributed by atoms with E-state index in [4.69, 9.17) is 9.47 Å². The first-order chi connectivity index (χ1) is 16.4. The summed E-state index contributed by atoms with van der Waals surface area (Å²) in [6, 6.07) is 12.6. The number of rotatable bonds is 9. The van der Waals surface area contributed by atoms with Crippen LogP contribution < -0.4 is 10.1 Å². The quantitative estimate of drug-likeness (QED) is 0.547. The van der Waals surface area contributed by atoms with Gasteiger partial charge in [-0.25, -0.2) is 0 Å². The van der Waals surface area contributed by atoms with E-state index < -0.39 is 23.8 Å². The normalized spacial score (nSPS) is 17.9. The zero-order chi connectivity index (χ0) is 24.7. The van der Waals surface area contributed by atoms with Gasteiger partial charge in [-0.3, -0.25) is 14.4 Å². The number of esters is 1. The molecule has 2 atom stereocenters. The molecule has 0 saturated carbocycles. The Kier molecular flexibility index (Phi) is 8.68. The fraction of sp³-hybridized carbons (Fsp3) is 0.444. The maximum absolute atomic E-state index is 13.2. The van der Waals surface area contributed by atoms with Gasteiger partial charge in [0.15, 0.2) is 6.61 Å². The van der Waals surface area contributed by atoms with E-state index in [1.165, 1.54) is 0 Å². The molecule has 182 valence electrons. The van der Waals surface area contributed by atoms with Gasteiger partial charge in [0.1, 0.15) is 5.75 Å². The minimum atomic E-state index is -0.584. The average molecular weight is 467 g/mol. The number of likely N-dealkylation sites (tertiary alicyclic amines) is 1. The summed E-state index contributed by atoms with van der Waals surface area (Å²) in [4.78, 5) is 40.3. The van der Waals surface area contributed by atoms with Crippen LogP contribution in [0.15, 0.2) is 42.5 Å². The van der Waals surface area contributed by atoms with Crippen LogP contribution in [0.2, 0.25) is 0 Å². The van der Waals surface area contributed by atoms with Crippen LogP contribution in [0.3, 0.4) is 0 Å². The molecule has 2 unspecified atom stereocenters. The second kappa shape index (κ2) is 11.7. The number of ether oxygens (including phenoxy) is 2. The van der Waals surface area contributed by atoms with Crippen molar-refractivity contribution in [3.05, 3.63) is 59.2 Å². The van der Waals surface area contributed by atoms with Crippen molar-refractivity contribution >= 4 is 23.5 Å². The molecule has 7 nitrogen and oxygen atoms in total. The number of benzene rings is 2. The second-order valence-corrected chi connectivity index (χ2v) is 8.68. The van der Waals surface area contributed by atoms with Crippen LogP contribution in [-0.4, -0.2) is 42.9 Å². The van der Waals surface area contributed by atoms with Gasteiger partial charge in [0.05, 0.1) is 19.1 Å². The number of nitrogens with zero attached hydrogens (tertiary/aromatic N) is 1. The van der Waals surface area contributed by atoms with Crippen LogP contribution >= 0.6 is 0 Å². The van der Waals surface area contributed by atoms with Crippen molar-refractivity contribution in [1.82, 2.24) is 4.90 Å². The lowest BCUT2D eigenvalue weighted by molar-refractivity contribution is -0.159.